The van der Waals surface area contributed by atoms with Crippen LogP contribution in [0.5, 0.6) is 5.75 Å². The van der Waals surface area contributed by atoms with Crippen molar-refractivity contribution in [2.75, 3.05) is 13.2 Å². The van der Waals surface area contributed by atoms with Gasteiger partial charge in [0.15, 0.2) is 0 Å². The van der Waals surface area contributed by atoms with Crippen molar-refractivity contribution in [1.29, 1.82) is 0 Å². The third-order valence-electron chi connectivity index (χ3n) is 2.42. The predicted molar refractivity (Wildman–Crippen MR) is 69.5 cm³/mol. The van der Waals surface area contributed by atoms with E-state index in [1.807, 2.05) is 12.1 Å². The van der Waals surface area contributed by atoms with Gasteiger partial charge in [0, 0.05) is 12.2 Å². The van der Waals surface area contributed by atoms with Gasteiger partial charge in [-0.1, -0.05) is 12.1 Å². The van der Waals surface area contributed by atoms with Gasteiger partial charge in [0.1, 0.15) is 5.75 Å². The number of aliphatic carboxylic acids is 1. The molecule has 4 heteroatoms. The average molecular weight is 250 g/mol. The number of ether oxygens (including phenoxy) is 1. The fourth-order valence-corrected chi connectivity index (χ4v) is 1.38. The molecular formula is C14H18O4. The molecule has 0 aromatic heterocycles. The lowest BCUT2D eigenvalue weighted by Gasteiger charge is -2.05. The van der Waals surface area contributed by atoms with Gasteiger partial charge in [-0.3, -0.25) is 0 Å². The predicted octanol–water partition coefficient (Wildman–Crippen LogP) is 2.33. The molecule has 0 radical (unpaired) electrons. The lowest BCUT2D eigenvalue weighted by Crippen LogP contribution is -1.98. The maximum absolute atomic E-state index is 10.7. The maximum Gasteiger partial charge on any atom is 0.331 e. The second kappa shape index (κ2) is 7.50. The Kier molecular flexibility index (Phi) is 5.94. The Morgan fingerprint density at radius 1 is 1.28 bits per heavy atom. The highest BCUT2D eigenvalue weighted by atomic mass is 16.5. The van der Waals surface area contributed by atoms with Gasteiger partial charge in [-0.2, -0.15) is 0 Å². The number of benzene rings is 1. The Morgan fingerprint density at radius 2 is 1.94 bits per heavy atom. The Labute approximate surface area is 107 Å². The standard InChI is InChI=1S/C14H18O4/c1-11(14(16)17)10-12-4-6-13(7-5-12)18-9-3-2-8-15/h4-7,10,15H,2-3,8-9H2,1H3,(H,16,17)/b11-10+. The highest BCUT2D eigenvalue weighted by Crippen LogP contribution is 2.15. The molecule has 0 spiro atoms. The number of hydrogen-bond donors (Lipinski definition) is 2. The monoisotopic (exact) mass is 250 g/mol. The minimum Gasteiger partial charge on any atom is -0.494 e. The summed E-state index contributed by atoms with van der Waals surface area (Å²) < 4.78 is 5.47. The van der Waals surface area contributed by atoms with E-state index in [-0.39, 0.29) is 6.61 Å². The van der Waals surface area contributed by atoms with Crippen LogP contribution in [0.4, 0.5) is 0 Å². The summed E-state index contributed by atoms with van der Waals surface area (Å²) in [6, 6.07) is 7.24. The summed E-state index contributed by atoms with van der Waals surface area (Å²) in [5.41, 5.74) is 1.13. The number of aliphatic hydroxyl groups is 1. The van der Waals surface area contributed by atoms with E-state index in [0.29, 0.717) is 12.2 Å². The second-order valence-corrected chi connectivity index (χ2v) is 3.98. The van der Waals surface area contributed by atoms with Crippen LogP contribution in [0.1, 0.15) is 25.3 Å². The van der Waals surface area contributed by atoms with Crippen LogP contribution < -0.4 is 4.74 Å². The molecule has 0 heterocycles. The molecule has 1 rings (SSSR count). The van der Waals surface area contributed by atoms with Crippen molar-refractivity contribution in [3.05, 3.63) is 35.4 Å². The first-order valence-electron chi connectivity index (χ1n) is 5.89. The number of rotatable bonds is 7. The van der Waals surface area contributed by atoms with Crippen LogP contribution in [-0.2, 0) is 4.79 Å². The van der Waals surface area contributed by atoms with E-state index in [0.717, 1.165) is 24.2 Å². The minimum absolute atomic E-state index is 0.182. The van der Waals surface area contributed by atoms with E-state index in [9.17, 15) is 4.79 Å². The number of carboxylic acid groups (broad SMARTS) is 1. The Bertz CT molecular complexity index is 406. The quantitative estimate of drug-likeness (QED) is 0.575. The molecule has 1 aromatic carbocycles. The van der Waals surface area contributed by atoms with Gasteiger partial charge in [-0.15, -0.1) is 0 Å². The molecule has 0 saturated carbocycles. The number of carbonyl (C=O) groups is 1. The topological polar surface area (TPSA) is 66.8 Å². The largest absolute Gasteiger partial charge is 0.494 e. The fraction of sp³-hybridized carbons (Fsp3) is 0.357. The van der Waals surface area contributed by atoms with Crippen LogP contribution in [0.15, 0.2) is 29.8 Å². The summed E-state index contributed by atoms with van der Waals surface area (Å²) in [4.78, 5) is 10.7. The smallest absolute Gasteiger partial charge is 0.331 e. The Morgan fingerprint density at radius 3 is 2.50 bits per heavy atom. The van der Waals surface area contributed by atoms with Gasteiger partial charge >= 0.3 is 5.97 Å². The summed E-state index contributed by atoms with van der Waals surface area (Å²) in [6.45, 7) is 2.31. The molecule has 0 bridgehead atoms. The summed E-state index contributed by atoms with van der Waals surface area (Å²) >= 11 is 0. The molecule has 18 heavy (non-hydrogen) atoms. The van der Waals surface area contributed by atoms with Crippen LogP contribution >= 0.6 is 0 Å². The Balaban J connectivity index is 2.52. The second-order valence-electron chi connectivity index (χ2n) is 3.98. The van der Waals surface area contributed by atoms with E-state index in [4.69, 9.17) is 14.9 Å². The van der Waals surface area contributed by atoms with Crippen molar-refractivity contribution in [3.63, 3.8) is 0 Å². The van der Waals surface area contributed by atoms with Gasteiger partial charge in [0.2, 0.25) is 0 Å². The van der Waals surface area contributed by atoms with Crippen LogP contribution in [0.3, 0.4) is 0 Å². The number of hydrogen-bond acceptors (Lipinski definition) is 3. The van der Waals surface area contributed by atoms with Crippen LogP contribution in [0.25, 0.3) is 6.08 Å². The third-order valence-corrected chi connectivity index (χ3v) is 2.42. The highest BCUT2D eigenvalue weighted by Gasteiger charge is 2.00. The summed E-state index contributed by atoms with van der Waals surface area (Å²) in [6.07, 6.45) is 3.16. The van der Waals surface area contributed by atoms with Crippen molar-refractivity contribution >= 4 is 12.0 Å². The van der Waals surface area contributed by atoms with E-state index in [2.05, 4.69) is 0 Å². The zero-order valence-corrected chi connectivity index (χ0v) is 10.4. The SMILES string of the molecule is C/C(=C\c1ccc(OCCCCO)cc1)C(=O)O. The van der Waals surface area contributed by atoms with Crippen molar-refractivity contribution in [1.82, 2.24) is 0 Å². The summed E-state index contributed by atoms with van der Waals surface area (Å²) in [7, 11) is 0. The molecule has 2 N–H and O–H groups in total. The van der Waals surface area contributed by atoms with Gasteiger partial charge < -0.3 is 14.9 Å². The van der Waals surface area contributed by atoms with Crippen molar-refractivity contribution < 1.29 is 19.7 Å². The van der Waals surface area contributed by atoms with Crippen LogP contribution in [-0.4, -0.2) is 29.4 Å². The van der Waals surface area contributed by atoms with E-state index >= 15 is 0 Å². The lowest BCUT2D eigenvalue weighted by molar-refractivity contribution is -0.132. The molecule has 1 aromatic rings. The number of carboxylic acids is 1. The third kappa shape index (κ3) is 5.01. The molecule has 98 valence electrons. The molecule has 0 atom stereocenters. The maximum atomic E-state index is 10.7. The van der Waals surface area contributed by atoms with Crippen molar-refractivity contribution in [3.8, 4) is 5.75 Å². The Hall–Kier alpha value is -1.81. The summed E-state index contributed by atoms with van der Waals surface area (Å²) in [5.74, 6) is -0.169. The molecule has 0 aliphatic heterocycles. The van der Waals surface area contributed by atoms with Gasteiger partial charge in [-0.05, 0) is 43.5 Å². The van der Waals surface area contributed by atoms with Crippen molar-refractivity contribution in [2.24, 2.45) is 0 Å². The van der Waals surface area contributed by atoms with E-state index in [1.54, 1.807) is 25.1 Å². The van der Waals surface area contributed by atoms with E-state index < -0.39 is 5.97 Å². The average Bonchev–Trinajstić information content (AvgIpc) is 2.36. The minimum atomic E-state index is -0.917. The molecule has 0 aliphatic rings. The first kappa shape index (κ1) is 14.3. The molecule has 0 saturated heterocycles. The first-order valence-corrected chi connectivity index (χ1v) is 5.89. The normalized spacial score (nSPS) is 11.3. The molecule has 0 amide bonds. The highest BCUT2D eigenvalue weighted by molar-refractivity contribution is 5.91. The van der Waals surface area contributed by atoms with Crippen LogP contribution in [0.2, 0.25) is 0 Å². The first-order chi connectivity index (χ1) is 8.63. The van der Waals surface area contributed by atoms with Gasteiger partial charge in [0.05, 0.1) is 6.61 Å². The van der Waals surface area contributed by atoms with E-state index in [1.165, 1.54) is 0 Å². The molecule has 0 fully saturated rings. The van der Waals surface area contributed by atoms with Gasteiger partial charge in [-0.25, -0.2) is 4.79 Å². The molecule has 0 unspecified atom stereocenters. The zero-order chi connectivity index (χ0) is 13.4. The van der Waals surface area contributed by atoms with Crippen LogP contribution in [0, 0.1) is 0 Å². The number of unbranched alkanes of at least 4 members (excludes halogenated alkanes) is 1. The molecule has 0 aliphatic carbocycles. The van der Waals surface area contributed by atoms with Crippen molar-refractivity contribution in [2.45, 2.75) is 19.8 Å². The zero-order valence-electron chi connectivity index (χ0n) is 10.4. The summed E-state index contributed by atoms with van der Waals surface area (Å²) in [5, 5.41) is 17.4. The lowest BCUT2D eigenvalue weighted by atomic mass is 10.1. The molecular weight excluding hydrogens is 232 g/mol. The number of aliphatic hydroxyl groups excluding tert-OH is 1. The fourth-order valence-electron chi connectivity index (χ4n) is 1.38. The molecule has 4 nitrogen and oxygen atoms in total. The van der Waals surface area contributed by atoms with Gasteiger partial charge in [0.25, 0.3) is 0 Å².